The van der Waals surface area contributed by atoms with Gasteiger partial charge in [0.05, 0.1) is 16.7 Å². The molecule has 3 atom stereocenters. The van der Waals surface area contributed by atoms with Gasteiger partial charge < -0.3 is 10.1 Å². The number of benzene rings is 1. The summed E-state index contributed by atoms with van der Waals surface area (Å²) < 4.78 is 5.48. The summed E-state index contributed by atoms with van der Waals surface area (Å²) in [7, 11) is 1.77. The van der Waals surface area contributed by atoms with Gasteiger partial charge in [0.25, 0.3) is 0 Å². The Kier molecular flexibility index (Phi) is 3.31. The van der Waals surface area contributed by atoms with Crippen LogP contribution >= 0.6 is 23.2 Å². The summed E-state index contributed by atoms with van der Waals surface area (Å²) in [6, 6.07) is 6.02. The molecule has 1 heterocycles. The number of halogens is 2. The first-order valence-corrected chi connectivity index (χ1v) is 7.11. The average Bonchev–Trinajstić information content (AvgIpc) is 3.03. The number of nitrogens with one attached hydrogen (secondary N) is 1. The Morgan fingerprint density at radius 2 is 2.17 bits per heavy atom. The quantitative estimate of drug-likeness (QED) is 0.921. The lowest BCUT2D eigenvalue weighted by molar-refractivity contribution is 0.161. The van der Waals surface area contributed by atoms with Crippen molar-refractivity contribution < 1.29 is 4.74 Å². The number of piperidine rings is 1. The highest BCUT2D eigenvalue weighted by Crippen LogP contribution is 2.62. The van der Waals surface area contributed by atoms with Crippen LogP contribution in [0, 0.1) is 11.8 Å². The lowest BCUT2D eigenvalue weighted by Gasteiger charge is -2.18. The zero-order chi connectivity index (χ0) is 12.8. The Morgan fingerprint density at radius 3 is 2.78 bits per heavy atom. The first kappa shape index (κ1) is 12.7. The standard InChI is InChI=1S/C14H17Cl2NO/c1-18-8-14(10-4-5-17-7-11(10)14)9-2-3-12(15)13(16)6-9/h2-3,6,10-11,17H,4-5,7-8H2,1H3/t10-,11+,14+/m0/s1. The Morgan fingerprint density at radius 1 is 1.33 bits per heavy atom. The molecule has 1 aromatic carbocycles. The van der Waals surface area contributed by atoms with E-state index in [1.807, 2.05) is 12.1 Å². The lowest BCUT2D eigenvalue weighted by atomic mass is 9.92. The molecule has 2 aliphatic rings. The van der Waals surface area contributed by atoms with Gasteiger partial charge in [-0.05, 0) is 49.0 Å². The maximum atomic E-state index is 6.16. The number of rotatable bonds is 3. The molecule has 0 bridgehead atoms. The molecular formula is C14H17Cl2NO. The minimum Gasteiger partial charge on any atom is -0.384 e. The van der Waals surface area contributed by atoms with E-state index in [-0.39, 0.29) is 5.41 Å². The van der Waals surface area contributed by atoms with Crippen molar-refractivity contribution in [1.29, 1.82) is 0 Å². The van der Waals surface area contributed by atoms with Crippen molar-refractivity contribution >= 4 is 23.2 Å². The Bertz CT molecular complexity index is 451. The Hall–Kier alpha value is -0.280. The number of hydrogen-bond acceptors (Lipinski definition) is 2. The number of fused-ring (bicyclic) bond motifs is 1. The van der Waals surface area contributed by atoms with Gasteiger partial charge in [0.2, 0.25) is 0 Å². The van der Waals surface area contributed by atoms with E-state index in [9.17, 15) is 0 Å². The third kappa shape index (κ3) is 1.78. The predicted octanol–water partition coefficient (Wildman–Crippen LogP) is 3.12. The van der Waals surface area contributed by atoms with Gasteiger partial charge >= 0.3 is 0 Å². The van der Waals surface area contributed by atoms with Crippen molar-refractivity contribution in [2.24, 2.45) is 11.8 Å². The molecule has 1 N–H and O–H groups in total. The summed E-state index contributed by atoms with van der Waals surface area (Å²) in [6.07, 6.45) is 1.22. The van der Waals surface area contributed by atoms with Crippen LogP contribution in [0.3, 0.4) is 0 Å². The van der Waals surface area contributed by atoms with E-state index < -0.39 is 0 Å². The van der Waals surface area contributed by atoms with Crippen LogP contribution in [0.15, 0.2) is 18.2 Å². The molecule has 1 aliphatic carbocycles. The summed E-state index contributed by atoms with van der Waals surface area (Å²) in [4.78, 5) is 0. The summed E-state index contributed by atoms with van der Waals surface area (Å²) in [5, 5.41) is 4.73. The molecule has 4 heteroatoms. The highest BCUT2D eigenvalue weighted by atomic mass is 35.5. The fraction of sp³-hybridized carbons (Fsp3) is 0.571. The molecule has 1 saturated carbocycles. The first-order chi connectivity index (χ1) is 8.70. The molecule has 1 aliphatic heterocycles. The van der Waals surface area contributed by atoms with Gasteiger partial charge in [0.15, 0.2) is 0 Å². The maximum Gasteiger partial charge on any atom is 0.0595 e. The summed E-state index contributed by atoms with van der Waals surface area (Å²) in [5.74, 6) is 1.39. The van der Waals surface area contributed by atoms with E-state index in [0.29, 0.717) is 16.0 Å². The van der Waals surface area contributed by atoms with Gasteiger partial charge in [-0.25, -0.2) is 0 Å². The van der Waals surface area contributed by atoms with E-state index in [4.69, 9.17) is 27.9 Å². The van der Waals surface area contributed by atoms with Crippen LogP contribution in [-0.2, 0) is 10.2 Å². The number of methoxy groups -OCH3 is 1. The SMILES string of the molecule is COC[C@]1(c2ccc(Cl)c(Cl)c2)[C@@H]2CNCC[C@@H]21. The molecule has 1 aromatic rings. The van der Waals surface area contributed by atoms with Crippen molar-refractivity contribution in [3.05, 3.63) is 33.8 Å². The van der Waals surface area contributed by atoms with Gasteiger partial charge in [0.1, 0.15) is 0 Å². The molecular weight excluding hydrogens is 269 g/mol. The van der Waals surface area contributed by atoms with E-state index in [1.54, 1.807) is 7.11 Å². The molecule has 3 rings (SSSR count). The summed E-state index contributed by atoms with van der Waals surface area (Å²) >= 11 is 12.2. The average molecular weight is 286 g/mol. The van der Waals surface area contributed by atoms with Crippen LogP contribution in [0.2, 0.25) is 10.0 Å². The van der Waals surface area contributed by atoms with Crippen LogP contribution in [0.1, 0.15) is 12.0 Å². The molecule has 2 nitrogen and oxygen atoms in total. The monoisotopic (exact) mass is 285 g/mol. The molecule has 1 saturated heterocycles. The van der Waals surface area contributed by atoms with Crippen LogP contribution in [0.25, 0.3) is 0 Å². The van der Waals surface area contributed by atoms with Crippen LogP contribution < -0.4 is 5.32 Å². The van der Waals surface area contributed by atoms with Gasteiger partial charge in [-0.1, -0.05) is 29.3 Å². The van der Waals surface area contributed by atoms with Gasteiger partial charge in [-0.15, -0.1) is 0 Å². The molecule has 0 amide bonds. The van der Waals surface area contributed by atoms with Crippen LogP contribution in [0.5, 0.6) is 0 Å². The zero-order valence-corrected chi connectivity index (χ0v) is 11.9. The van der Waals surface area contributed by atoms with Crippen molar-refractivity contribution in [1.82, 2.24) is 5.32 Å². The van der Waals surface area contributed by atoms with Crippen LogP contribution in [-0.4, -0.2) is 26.8 Å². The molecule has 0 unspecified atom stereocenters. The zero-order valence-electron chi connectivity index (χ0n) is 10.4. The van der Waals surface area contributed by atoms with Crippen molar-refractivity contribution in [3.8, 4) is 0 Å². The highest BCUT2D eigenvalue weighted by molar-refractivity contribution is 6.42. The maximum absolute atomic E-state index is 6.16. The van der Waals surface area contributed by atoms with Crippen LogP contribution in [0.4, 0.5) is 0 Å². The molecule has 0 spiro atoms. The molecule has 2 fully saturated rings. The minimum atomic E-state index is 0.145. The Balaban J connectivity index is 1.97. The minimum absolute atomic E-state index is 0.145. The third-order valence-corrected chi connectivity index (χ3v) is 5.28. The Labute approximate surface area is 118 Å². The highest BCUT2D eigenvalue weighted by Gasteiger charge is 2.65. The van der Waals surface area contributed by atoms with Crippen molar-refractivity contribution in [2.75, 3.05) is 26.8 Å². The second kappa shape index (κ2) is 4.68. The van der Waals surface area contributed by atoms with Crippen molar-refractivity contribution in [3.63, 3.8) is 0 Å². The van der Waals surface area contributed by atoms with Crippen molar-refractivity contribution in [2.45, 2.75) is 11.8 Å². The summed E-state index contributed by atoms with van der Waals surface area (Å²) in [6.45, 7) is 2.95. The third-order valence-electron chi connectivity index (χ3n) is 4.54. The molecule has 98 valence electrons. The predicted molar refractivity (Wildman–Crippen MR) is 74.5 cm³/mol. The van der Waals surface area contributed by atoms with E-state index >= 15 is 0 Å². The van der Waals surface area contributed by atoms with E-state index in [1.165, 1.54) is 12.0 Å². The second-order valence-corrected chi connectivity index (χ2v) is 6.12. The molecule has 0 radical (unpaired) electrons. The first-order valence-electron chi connectivity index (χ1n) is 6.35. The van der Waals surface area contributed by atoms with E-state index in [2.05, 4.69) is 11.4 Å². The topological polar surface area (TPSA) is 21.3 Å². The number of hydrogen-bond donors (Lipinski definition) is 1. The fourth-order valence-corrected chi connectivity index (χ4v) is 3.95. The largest absolute Gasteiger partial charge is 0.384 e. The summed E-state index contributed by atoms with van der Waals surface area (Å²) in [5.41, 5.74) is 1.42. The molecule has 18 heavy (non-hydrogen) atoms. The fourth-order valence-electron chi connectivity index (χ4n) is 3.65. The molecule has 0 aromatic heterocycles. The second-order valence-electron chi connectivity index (χ2n) is 5.31. The van der Waals surface area contributed by atoms with Gasteiger partial charge in [0, 0.05) is 12.5 Å². The smallest absolute Gasteiger partial charge is 0.0595 e. The van der Waals surface area contributed by atoms with E-state index in [0.717, 1.165) is 25.6 Å². The normalized spacial score (nSPS) is 34.2. The number of ether oxygens (including phenoxy) is 1. The van der Waals surface area contributed by atoms with Gasteiger partial charge in [-0.2, -0.15) is 0 Å². The van der Waals surface area contributed by atoms with Gasteiger partial charge in [-0.3, -0.25) is 0 Å². The lowest BCUT2D eigenvalue weighted by Crippen LogP contribution is -2.24.